The van der Waals surface area contributed by atoms with Crippen LogP contribution in [0.3, 0.4) is 0 Å². The highest BCUT2D eigenvalue weighted by atomic mass is 79.9. The summed E-state index contributed by atoms with van der Waals surface area (Å²) in [4.78, 5) is 0.336. The van der Waals surface area contributed by atoms with Crippen LogP contribution in [0.15, 0.2) is 33.6 Å². The number of nitrogens with zero attached hydrogens (tertiary/aromatic N) is 1. The van der Waals surface area contributed by atoms with Crippen molar-refractivity contribution in [3.05, 3.63) is 28.7 Å². The second kappa shape index (κ2) is 5.69. The Kier molecular flexibility index (Phi) is 4.42. The fraction of sp³-hybridized carbons (Fsp3) is 0.500. The van der Waals surface area contributed by atoms with Crippen LogP contribution in [0, 0.1) is 5.92 Å². The molecule has 0 aromatic heterocycles. The molecule has 4 nitrogen and oxygen atoms in total. The topological polar surface area (TPSA) is 46.6 Å². The third-order valence-corrected chi connectivity index (χ3v) is 5.98. The van der Waals surface area contributed by atoms with E-state index in [1.807, 2.05) is 0 Å². The molecule has 18 heavy (non-hydrogen) atoms. The van der Waals surface area contributed by atoms with Gasteiger partial charge in [-0.3, -0.25) is 0 Å². The van der Waals surface area contributed by atoms with Gasteiger partial charge >= 0.3 is 0 Å². The summed E-state index contributed by atoms with van der Waals surface area (Å²) in [6.45, 7) is 1.72. The van der Waals surface area contributed by atoms with E-state index in [4.69, 9.17) is 4.74 Å². The van der Waals surface area contributed by atoms with E-state index in [0.717, 1.165) is 6.42 Å². The number of rotatable bonds is 4. The molecule has 1 heterocycles. The van der Waals surface area contributed by atoms with Crippen LogP contribution in [0.4, 0.5) is 0 Å². The first-order valence-electron chi connectivity index (χ1n) is 5.79. The van der Waals surface area contributed by atoms with Crippen molar-refractivity contribution in [2.45, 2.75) is 11.3 Å². The molecule has 0 N–H and O–H groups in total. The molecular formula is C12H16BrNO3S. The van der Waals surface area contributed by atoms with Gasteiger partial charge in [-0.25, -0.2) is 8.42 Å². The van der Waals surface area contributed by atoms with Crippen molar-refractivity contribution in [3.8, 4) is 0 Å². The highest BCUT2D eigenvalue weighted by molar-refractivity contribution is 9.10. The van der Waals surface area contributed by atoms with Gasteiger partial charge in [0.05, 0.1) is 11.5 Å². The third-order valence-electron chi connectivity index (χ3n) is 3.11. The fourth-order valence-electron chi connectivity index (χ4n) is 2.18. The molecule has 0 spiro atoms. The van der Waals surface area contributed by atoms with Crippen LogP contribution in [0.25, 0.3) is 0 Å². The molecule has 2 rings (SSSR count). The Morgan fingerprint density at radius 2 is 2.17 bits per heavy atom. The summed E-state index contributed by atoms with van der Waals surface area (Å²) in [6, 6.07) is 6.92. The molecular weight excluding hydrogens is 318 g/mol. The summed E-state index contributed by atoms with van der Waals surface area (Å²) < 4.78 is 32.2. The van der Waals surface area contributed by atoms with E-state index in [1.54, 1.807) is 31.4 Å². The Morgan fingerprint density at radius 1 is 1.44 bits per heavy atom. The molecule has 0 amide bonds. The third kappa shape index (κ3) is 2.77. The minimum absolute atomic E-state index is 0.298. The van der Waals surface area contributed by atoms with Crippen molar-refractivity contribution >= 4 is 26.0 Å². The summed E-state index contributed by atoms with van der Waals surface area (Å²) in [5.74, 6) is 0.298. The Hall–Kier alpha value is -0.430. The second-order valence-electron chi connectivity index (χ2n) is 4.40. The van der Waals surface area contributed by atoms with Crippen LogP contribution in [-0.2, 0) is 14.8 Å². The number of halogens is 1. The lowest BCUT2D eigenvalue weighted by molar-refractivity contribution is 0.157. The number of ether oxygens (including phenoxy) is 1. The number of sulfonamides is 1. The average Bonchev–Trinajstić information content (AvgIpc) is 2.79. The quantitative estimate of drug-likeness (QED) is 0.847. The number of methoxy groups -OCH3 is 1. The van der Waals surface area contributed by atoms with Gasteiger partial charge in [0, 0.05) is 24.7 Å². The lowest BCUT2D eigenvalue weighted by Gasteiger charge is -2.17. The van der Waals surface area contributed by atoms with Gasteiger partial charge in [-0.2, -0.15) is 4.31 Å². The van der Waals surface area contributed by atoms with Crippen LogP contribution in [-0.4, -0.2) is 39.5 Å². The summed E-state index contributed by atoms with van der Waals surface area (Å²) in [5.41, 5.74) is 0. The Morgan fingerprint density at radius 3 is 2.83 bits per heavy atom. The van der Waals surface area contributed by atoms with Crippen molar-refractivity contribution in [1.29, 1.82) is 0 Å². The molecule has 0 bridgehead atoms. The molecule has 1 aliphatic heterocycles. The van der Waals surface area contributed by atoms with E-state index in [0.29, 0.717) is 35.0 Å². The predicted molar refractivity (Wildman–Crippen MR) is 72.9 cm³/mol. The van der Waals surface area contributed by atoms with E-state index in [9.17, 15) is 8.42 Å². The number of benzene rings is 1. The van der Waals surface area contributed by atoms with Gasteiger partial charge in [-0.15, -0.1) is 0 Å². The standard InChI is InChI=1S/C12H16BrNO3S/c1-17-9-10-6-7-14(8-10)18(15,16)12-5-3-2-4-11(12)13/h2-5,10H,6-9H2,1H3. The molecule has 100 valence electrons. The molecule has 1 aliphatic rings. The molecule has 0 aliphatic carbocycles. The van der Waals surface area contributed by atoms with Gasteiger partial charge in [0.15, 0.2) is 0 Å². The van der Waals surface area contributed by atoms with Gasteiger partial charge in [0.25, 0.3) is 0 Å². The maximum Gasteiger partial charge on any atom is 0.244 e. The first kappa shape index (κ1) is 14.0. The van der Waals surface area contributed by atoms with Crippen molar-refractivity contribution in [2.75, 3.05) is 26.8 Å². The van der Waals surface area contributed by atoms with Crippen LogP contribution < -0.4 is 0 Å². The Labute approximate surface area is 116 Å². The number of hydrogen-bond acceptors (Lipinski definition) is 3. The molecule has 0 saturated carbocycles. The summed E-state index contributed by atoms with van der Waals surface area (Å²) in [5, 5.41) is 0. The molecule has 1 fully saturated rings. The van der Waals surface area contributed by atoms with Gasteiger partial charge in [0.1, 0.15) is 0 Å². The van der Waals surface area contributed by atoms with E-state index >= 15 is 0 Å². The van der Waals surface area contributed by atoms with Crippen molar-refractivity contribution < 1.29 is 13.2 Å². The van der Waals surface area contributed by atoms with E-state index in [2.05, 4.69) is 15.9 Å². The van der Waals surface area contributed by atoms with Crippen LogP contribution in [0.2, 0.25) is 0 Å². The Bertz CT molecular complexity index is 518. The first-order valence-corrected chi connectivity index (χ1v) is 8.02. The second-order valence-corrected chi connectivity index (χ2v) is 7.16. The van der Waals surface area contributed by atoms with E-state index < -0.39 is 10.0 Å². The van der Waals surface area contributed by atoms with Gasteiger partial charge < -0.3 is 4.74 Å². The summed E-state index contributed by atoms with van der Waals surface area (Å²) in [7, 11) is -1.75. The van der Waals surface area contributed by atoms with Crippen LogP contribution in [0.5, 0.6) is 0 Å². The highest BCUT2D eigenvalue weighted by Gasteiger charge is 2.33. The molecule has 1 aromatic rings. The molecule has 6 heteroatoms. The Balaban J connectivity index is 2.21. The zero-order valence-electron chi connectivity index (χ0n) is 10.2. The van der Waals surface area contributed by atoms with Gasteiger partial charge in [0.2, 0.25) is 10.0 Å². The van der Waals surface area contributed by atoms with Crippen molar-refractivity contribution in [1.82, 2.24) is 4.31 Å². The minimum Gasteiger partial charge on any atom is -0.384 e. The SMILES string of the molecule is COCC1CCN(S(=O)(=O)c2ccccc2Br)C1. The lowest BCUT2D eigenvalue weighted by Crippen LogP contribution is -2.29. The van der Waals surface area contributed by atoms with Crippen molar-refractivity contribution in [3.63, 3.8) is 0 Å². The maximum atomic E-state index is 12.5. The highest BCUT2D eigenvalue weighted by Crippen LogP contribution is 2.28. The predicted octanol–water partition coefficient (Wildman–Crippen LogP) is 2.11. The monoisotopic (exact) mass is 333 g/mol. The molecule has 1 unspecified atom stereocenters. The van der Waals surface area contributed by atoms with Gasteiger partial charge in [-0.1, -0.05) is 12.1 Å². The van der Waals surface area contributed by atoms with Crippen LogP contribution >= 0.6 is 15.9 Å². The molecule has 0 radical (unpaired) electrons. The average molecular weight is 334 g/mol. The summed E-state index contributed by atoms with van der Waals surface area (Å²) in [6.07, 6.45) is 0.859. The smallest absolute Gasteiger partial charge is 0.244 e. The number of hydrogen-bond donors (Lipinski definition) is 0. The lowest BCUT2D eigenvalue weighted by atomic mass is 10.1. The van der Waals surface area contributed by atoms with E-state index in [-0.39, 0.29) is 0 Å². The fourth-order valence-corrected chi connectivity index (χ4v) is 4.67. The maximum absolute atomic E-state index is 12.5. The van der Waals surface area contributed by atoms with E-state index in [1.165, 1.54) is 4.31 Å². The minimum atomic E-state index is -3.39. The molecule has 1 aromatic carbocycles. The van der Waals surface area contributed by atoms with Crippen molar-refractivity contribution in [2.24, 2.45) is 5.92 Å². The zero-order valence-corrected chi connectivity index (χ0v) is 12.6. The van der Waals surface area contributed by atoms with Gasteiger partial charge in [-0.05, 0) is 40.4 Å². The normalized spacial score (nSPS) is 21.3. The summed E-state index contributed by atoms with van der Waals surface area (Å²) >= 11 is 3.29. The largest absolute Gasteiger partial charge is 0.384 e. The molecule has 1 saturated heterocycles. The van der Waals surface area contributed by atoms with Crippen LogP contribution in [0.1, 0.15) is 6.42 Å². The molecule has 1 atom stereocenters. The zero-order chi connectivity index (χ0) is 13.2. The first-order chi connectivity index (χ1) is 8.55.